The van der Waals surface area contributed by atoms with E-state index in [2.05, 4.69) is 29.6 Å². The molecule has 1 aromatic carbocycles. The summed E-state index contributed by atoms with van der Waals surface area (Å²) < 4.78 is 1.91. The van der Waals surface area contributed by atoms with E-state index in [0.717, 1.165) is 37.1 Å². The molecule has 0 radical (unpaired) electrons. The number of nitrogens with zero attached hydrogens (tertiary/aromatic N) is 2. The predicted molar refractivity (Wildman–Crippen MR) is 110 cm³/mol. The highest BCUT2D eigenvalue weighted by Gasteiger charge is 2.19. The third-order valence-electron chi connectivity index (χ3n) is 5.08. The van der Waals surface area contributed by atoms with Crippen molar-refractivity contribution in [1.29, 1.82) is 0 Å². The summed E-state index contributed by atoms with van der Waals surface area (Å²) in [5.74, 6) is -0.198. The van der Waals surface area contributed by atoms with Crippen molar-refractivity contribution in [2.45, 2.75) is 51.6 Å². The lowest BCUT2D eigenvalue weighted by molar-refractivity contribution is -0.119. The van der Waals surface area contributed by atoms with Crippen molar-refractivity contribution in [3.05, 3.63) is 52.8 Å². The van der Waals surface area contributed by atoms with Gasteiger partial charge in [-0.05, 0) is 42.4 Å². The molecule has 2 heterocycles. The first-order valence-electron chi connectivity index (χ1n) is 9.78. The smallest absolute Gasteiger partial charge is 0.271 e. The van der Waals surface area contributed by atoms with E-state index >= 15 is 0 Å². The molecule has 0 saturated carbocycles. The van der Waals surface area contributed by atoms with Crippen LogP contribution in [-0.4, -0.2) is 34.0 Å². The quantitative estimate of drug-likeness (QED) is 0.698. The Hall–Kier alpha value is -2.34. The number of aromatic nitrogens is 2. The van der Waals surface area contributed by atoms with Gasteiger partial charge in [-0.15, -0.1) is 11.6 Å². The zero-order valence-corrected chi connectivity index (χ0v) is 17.1. The van der Waals surface area contributed by atoms with E-state index in [-0.39, 0.29) is 30.3 Å². The van der Waals surface area contributed by atoms with Gasteiger partial charge >= 0.3 is 0 Å². The number of hydrogen-bond acceptors (Lipinski definition) is 3. The van der Waals surface area contributed by atoms with Crippen LogP contribution in [0.3, 0.4) is 0 Å². The maximum absolute atomic E-state index is 12.6. The third kappa shape index (κ3) is 4.93. The average Bonchev–Trinajstić information content (AvgIpc) is 3.15. The van der Waals surface area contributed by atoms with E-state index in [4.69, 9.17) is 11.6 Å². The Morgan fingerprint density at radius 1 is 1.18 bits per heavy atom. The van der Waals surface area contributed by atoms with Crippen molar-refractivity contribution in [3.63, 3.8) is 0 Å². The second-order valence-corrected chi connectivity index (χ2v) is 7.75. The first kappa shape index (κ1) is 20.4. The normalized spacial score (nSPS) is 14.4. The maximum atomic E-state index is 12.6. The minimum absolute atomic E-state index is 0.123. The predicted octanol–water partition coefficient (Wildman–Crippen LogP) is 3.17. The van der Waals surface area contributed by atoms with E-state index in [0.29, 0.717) is 11.6 Å². The zero-order valence-electron chi connectivity index (χ0n) is 16.4. The van der Waals surface area contributed by atoms with Gasteiger partial charge in [0.2, 0.25) is 5.91 Å². The van der Waals surface area contributed by atoms with Gasteiger partial charge < -0.3 is 10.6 Å². The molecule has 28 heavy (non-hydrogen) atoms. The van der Waals surface area contributed by atoms with Crippen LogP contribution in [0.15, 0.2) is 30.3 Å². The van der Waals surface area contributed by atoms with Crippen molar-refractivity contribution in [3.8, 4) is 0 Å². The molecule has 0 saturated heterocycles. The minimum Gasteiger partial charge on any atom is -0.348 e. The van der Waals surface area contributed by atoms with Crippen LogP contribution in [0.1, 0.15) is 66.0 Å². The summed E-state index contributed by atoms with van der Waals surface area (Å²) in [4.78, 5) is 24.4. The lowest BCUT2D eigenvalue weighted by Crippen LogP contribution is -2.38. The van der Waals surface area contributed by atoms with Crippen LogP contribution in [0.25, 0.3) is 0 Å². The molecule has 6 nitrogen and oxygen atoms in total. The molecule has 0 fully saturated rings. The van der Waals surface area contributed by atoms with Crippen molar-refractivity contribution >= 4 is 23.4 Å². The highest BCUT2D eigenvalue weighted by atomic mass is 35.5. The Morgan fingerprint density at radius 2 is 1.89 bits per heavy atom. The van der Waals surface area contributed by atoms with E-state index in [1.165, 1.54) is 5.56 Å². The summed E-state index contributed by atoms with van der Waals surface area (Å²) in [6.45, 7) is 5.39. The Balaban J connectivity index is 1.69. The zero-order chi connectivity index (χ0) is 20.1. The second-order valence-electron chi connectivity index (χ2n) is 7.49. The molecule has 1 aliphatic rings. The summed E-state index contributed by atoms with van der Waals surface area (Å²) >= 11 is 5.65. The van der Waals surface area contributed by atoms with Crippen molar-refractivity contribution in [1.82, 2.24) is 20.4 Å². The molecule has 1 aromatic heterocycles. The second kappa shape index (κ2) is 9.24. The summed E-state index contributed by atoms with van der Waals surface area (Å²) in [6.07, 6.45) is 3.18. The Kier molecular flexibility index (Phi) is 6.73. The summed E-state index contributed by atoms with van der Waals surface area (Å²) in [6, 6.07) is 9.56. The molecule has 0 bridgehead atoms. The molecule has 3 rings (SSSR count). The molecule has 2 N–H and O–H groups in total. The molecule has 2 amide bonds. The first-order chi connectivity index (χ1) is 13.5. The number of rotatable bonds is 7. The number of halogens is 1. The average molecular weight is 403 g/mol. The van der Waals surface area contributed by atoms with Crippen LogP contribution >= 0.6 is 11.6 Å². The summed E-state index contributed by atoms with van der Waals surface area (Å²) in [5, 5.41) is 10.2. The fourth-order valence-corrected chi connectivity index (χ4v) is 3.49. The third-order valence-corrected chi connectivity index (χ3v) is 5.32. The Bertz CT molecular complexity index is 806. The number of benzene rings is 1. The van der Waals surface area contributed by atoms with Crippen LogP contribution in [-0.2, 0) is 17.8 Å². The first-order valence-corrected chi connectivity index (χ1v) is 10.3. The number of aryl methyl sites for hydroxylation is 2. The largest absolute Gasteiger partial charge is 0.348 e. The molecule has 7 heteroatoms. The standard InChI is InChI=1S/C21H27ClN4O2/c1-14(2)15-6-8-16(9-7-15)19(24-20(27)12-22)13-23-21(28)18-11-17-5-3-4-10-26(17)25-18/h6-9,11,14,19H,3-5,10,12-13H2,1-2H3,(H,23,28)(H,24,27). The van der Waals surface area contributed by atoms with Crippen LogP contribution in [0.5, 0.6) is 0 Å². The van der Waals surface area contributed by atoms with Crippen LogP contribution in [0, 0.1) is 0 Å². The maximum Gasteiger partial charge on any atom is 0.271 e. The van der Waals surface area contributed by atoms with Gasteiger partial charge in [0, 0.05) is 18.8 Å². The van der Waals surface area contributed by atoms with Crippen molar-refractivity contribution < 1.29 is 9.59 Å². The van der Waals surface area contributed by atoms with Gasteiger partial charge in [-0.2, -0.15) is 5.10 Å². The molecule has 1 unspecified atom stereocenters. The SMILES string of the molecule is CC(C)c1ccc(C(CNC(=O)c2cc3n(n2)CCCC3)NC(=O)CCl)cc1. The number of carbonyl (C=O) groups is 2. The molecule has 1 atom stereocenters. The van der Waals surface area contributed by atoms with E-state index in [1.54, 1.807) is 0 Å². The highest BCUT2D eigenvalue weighted by Crippen LogP contribution is 2.19. The lowest BCUT2D eigenvalue weighted by atomic mass is 9.99. The molecule has 150 valence electrons. The van der Waals surface area contributed by atoms with E-state index in [9.17, 15) is 9.59 Å². The van der Waals surface area contributed by atoms with Crippen LogP contribution < -0.4 is 10.6 Å². The number of fused-ring (bicyclic) bond motifs is 1. The van der Waals surface area contributed by atoms with Crippen molar-refractivity contribution in [2.24, 2.45) is 0 Å². The Labute approximate surface area is 170 Å². The van der Waals surface area contributed by atoms with E-state index in [1.807, 2.05) is 35.0 Å². The van der Waals surface area contributed by atoms with Gasteiger partial charge in [0.05, 0.1) is 6.04 Å². The minimum atomic E-state index is -0.353. The van der Waals surface area contributed by atoms with Gasteiger partial charge in [-0.3, -0.25) is 14.3 Å². The van der Waals surface area contributed by atoms with Gasteiger partial charge in [-0.1, -0.05) is 38.1 Å². The monoisotopic (exact) mass is 402 g/mol. The summed E-state index contributed by atoms with van der Waals surface area (Å²) in [5.41, 5.74) is 3.67. The highest BCUT2D eigenvalue weighted by molar-refractivity contribution is 6.27. The van der Waals surface area contributed by atoms with Crippen LogP contribution in [0.4, 0.5) is 0 Å². The van der Waals surface area contributed by atoms with Gasteiger partial charge in [0.1, 0.15) is 11.6 Å². The molecular weight excluding hydrogens is 376 g/mol. The lowest BCUT2D eigenvalue weighted by Gasteiger charge is -2.20. The van der Waals surface area contributed by atoms with Crippen LogP contribution in [0.2, 0.25) is 0 Å². The van der Waals surface area contributed by atoms with Crippen molar-refractivity contribution in [2.75, 3.05) is 12.4 Å². The van der Waals surface area contributed by atoms with Gasteiger partial charge in [-0.25, -0.2) is 0 Å². The number of hydrogen-bond donors (Lipinski definition) is 2. The fraction of sp³-hybridized carbons (Fsp3) is 0.476. The molecular formula is C21H27ClN4O2. The van der Waals surface area contributed by atoms with Gasteiger partial charge in [0.25, 0.3) is 5.91 Å². The fourth-order valence-electron chi connectivity index (χ4n) is 3.41. The topological polar surface area (TPSA) is 76.0 Å². The molecule has 0 aliphatic carbocycles. The number of nitrogens with one attached hydrogen (secondary N) is 2. The Morgan fingerprint density at radius 3 is 2.54 bits per heavy atom. The molecule has 1 aliphatic heterocycles. The number of alkyl halides is 1. The van der Waals surface area contributed by atoms with Gasteiger partial charge in [0.15, 0.2) is 0 Å². The molecule has 0 spiro atoms. The molecule has 2 aromatic rings. The number of amides is 2. The van der Waals surface area contributed by atoms with E-state index < -0.39 is 0 Å². The summed E-state index contributed by atoms with van der Waals surface area (Å²) in [7, 11) is 0. The number of carbonyl (C=O) groups excluding carboxylic acids is 2.